The van der Waals surface area contributed by atoms with E-state index in [0.29, 0.717) is 12.1 Å². The predicted molar refractivity (Wildman–Crippen MR) is 86.6 cm³/mol. The molecule has 1 aromatic carbocycles. The van der Waals surface area contributed by atoms with E-state index in [-0.39, 0.29) is 17.5 Å². The fourth-order valence-corrected chi connectivity index (χ4v) is 2.32. The molecule has 1 amide bonds. The van der Waals surface area contributed by atoms with Crippen LogP contribution < -0.4 is 21.5 Å². The molecular weight excluding hydrogens is 280 g/mol. The summed E-state index contributed by atoms with van der Waals surface area (Å²) in [6, 6.07) is 8.89. The average molecular weight is 300 g/mol. The Hall–Kier alpha value is -2.76. The smallest absolute Gasteiger partial charge is 0.255 e. The number of hydrogen-bond acceptors (Lipinski definition) is 5. The summed E-state index contributed by atoms with van der Waals surface area (Å²) >= 11 is 0. The first kappa shape index (κ1) is 15.6. The van der Waals surface area contributed by atoms with E-state index in [9.17, 15) is 4.79 Å². The fourth-order valence-electron chi connectivity index (χ4n) is 2.32. The second-order valence-electron chi connectivity index (χ2n) is 4.80. The van der Waals surface area contributed by atoms with Gasteiger partial charge in [0.15, 0.2) is 0 Å². The highest BCUT2D eigenvalue weighted by Gasteiger charge is 2.12. The number of nitrogens with zero attached hydrogens (tertiary/aromatic N) is 1. The maximum atomic E-state index is 12.2. The van der Waals surface area contributed by atoms with Gasteiger partial charge in [-0.1, -0.05) is 19.1 Å². The molecule has 116 valence electrons. The number of ether oxygens (including phenoxy) is 1. The van der Waals surface area contributed by atoms with Gasteiger partial charge in [0.05, 0.1) is 12.7 Å². The lowest BCUT2D eigenvalue weighted by Crippen LogP contribution is -2.25. The van der Waals surface area contributed by atoms with Crippen molar-refractivity contribution in [3.8, 4) is 5.75 Å². The highest BCUT2D eigenvalue weighted by Crippen LogP contribution is 2.23. The summed E-state index contributed by atoms with van der Waals surface area (Å²) in [5.74, 6) is 0.951. The number of hydrogen-bond donors (Lipinski definition) is 3. The molecule has 1 heterocycles. The Morgan fingerprint density at radius 1 is 1.27 bits per heavy atom. The molecule has 0 aliphatic heterocycles. The van der Waals surface area contributed by atoms with E-state index in [1.54, 1.807) is 19.2 Å². The molecule has 6 heteroatoms. The number of amides is 1. The molecule has 0 saturated carbocycles. The van der Waals surface area contributed by atoms with Crippen molar-refractivity contribution in [2.75, 3.05) is 18.6 Å². The lowest BCUT2D eigenvalue weighted by molar-refractivity contribution is 0.0951. The van der Waals surface area contributed by atoms with E-state index in [1.165, 1.54) is 0 Å². The molecule has 0 bridgehead atoms. The van der Waals surface area contributed by atoms with Crippen molar-refractivity contribution in [1.82, 2.24) is 10.3 Å². The Bertz CT molecular complexity index is 686. The standard InChI is InChI=1S/C16H20N4O2/c1-3-11-10(5-4-6-13(11)22-2)9-19-16(21)12-7-8-14(17)20-15(12)18/h4-8H,3,9H2,1-2H3,(H,19,21)(H4,17,18,20). The van der Waals surface area contributed by atoms with Crippen LogP contribution in [0.15, 0.2) is 30.3 Å². The number of anilines is 2. The van der Waals surface area contributed by atoms with E-state index >= 15 is 0 Å². The molecule has 2 rings (SSSR count). The molecule has 22 heavy (non-hydrogen) atoms. The zero-order valence-corrected chi connectivity index (χ0v) is 12.7. The molecule has 1 aromatic heterocycles. The van der Waals surface area contributed by atoms with Gasteiger partial charge in [0.1, 0.15) is 17.4 Å². The summed E-state index contributed by atoms with van der Waals surface area (Å²) in [5, 5.41) is 2.85. The summed E-state index contributed by atoms with van der Waals surface area (Å²) in [7, 11) is 1.64. The Balaban J connectivity index is 2.14. The molecule has 0 atom stereocenters. The Morgan fingerprint density at radius 3 is 2.68 bits per heavy atom. The van der Waals surface area contributed by atoms with Crippen molar-refractivity contribution in [1.29, 1.82) is 0 Å². The number of rotatable bonds is 5. The minimum atomic E-state index is -0.283. The van der Waals surface area contributed by atoms with Crippen LogP contribution in [0, 0.1) is 0 Å². The predicted octanol–water partition coefficient (Wildman–Crippen LogP) is 1.75. The fraction of sp³-hybridized carbons (Fsp3) is 0.250. The first-order valence-corrected chi connectivity index (χ1v) is 7.01. The molecule has 0 unspecified atom stereocenters. The van der Waals surface area contributed by atoms with Gasteiger partial charge >= 0.3 is 0 Å². The third kappa shape index (κ3) is 3.28. The lowest BCUT2D eigenvalue weighted by atomic mass is 10.0. The first-order valence-electron chi connectivity index (χ1n) is 7.01. The highest BCUT2D eigenvalue weighted by atomic mass is 16.5. The SMILES string of the molecule is CCc1c(CNC(=O)c2ccc(N)nc2N)cccc1OC. The third-order valence-corrected chi connectivity index (χ3v) is 3.43. The minimum Gasteiger partial charge on any atom is -0.496 e. The number of methoxy groups -OCH3 is 1. The van der Waals surface area contributed by atoms with Gasteiger partial charge in [0, 0.05) is 6.54 Å². The highest BCUT2D eigenvalue weighted by molar-refractivity contribution is 5.98. The van der Waals surface area contributed by atoms with Crippen LogP contribution in [0.25, 0.3) is 0 Å². The van der Waals surface area contributed by atoms with E-state index < -0.39 is 0 Å². The van der Waals surface area contributed by atoms with Gasteiger partial charge < -0.3 is 21.5 Å². The van der Waals surface area contributed by atoms with Crippen LogP contribution in [0.5, 0.6) is 5.75 Å². The monoisotopic (exact) mass is 300 g/mol. The quantitative estimate of drug-likeness (QED) is 0.780. The van der Waals surface area contributed by atoms with Crippen molar-refractivity contribution in [3.63, 3.8) is 0 Å². The van der Waals surface area contributed by atoms with E-state index in [2.05, 4.69) is 10.3 Å². The number of pyridine rings is 1. The molecule has 6 nitrogen and oxygen atoms in total. The topological polar surface area (TPSA) is 103 Å². The van der Waals surface area contributed by atoms with Crippen LogP contribution in [0.3, 0.4) is 0 Å². The van der Waals surface area contributed by atoms with Crippen molar-refractivity contribution in [2.45, 2.75) is 19.9 Å². The van der Waals surface area contributed by atoms with E-state index in [4.69, 9.17) is 16.2 Å². The molecule has 0 fully saturated rings. The van der Waals surface area contributed by atoms with Crippen molar-refractivity contribution in [2.24, 2.45) is 0 Å². The number of nitrogens with one attached hydrogen (secondary N) is 1. The molecule has 2 aromatic rings. The molecule has 0 aliphatic rings. The zero-order chi connectivity index (χ0) is 16.1. The largest absolute Gasteiger partial charge is 0.496 e. The lowest BCUT2D eigenvalue weighted by Gasteiger charge is -2.13. The summed E-state index contributed by atoms with van der Waals surface area (Å²) in [6.45, 7) is 2.44. The van der Waals surface area contributed by atoms with Gasteiger partial charge in [-0.25, -0.2) is 4.98 Å². The van der Waals surface area contributed by atoms with E-state index in [1.807, 2.05) is 25.1 Å². The van der Waals surface area contributed by atoms with Gasteiger partial charge in [-0.3, -0.25) is 4.79 Å². The summed E-state index contributed by atoms with van der Waals surface area (Å²) in [5.41, 5.74) is 13.7. The first-order chi connectivity index (χ1) is 10.6. The van der Waals surface area contributed by atoms with Gasteiger partial charge in [-0.05, 0) is 35.7 Å². The van der Waals surface area contributed by atoms with Crippen LogP contribution >= 0.6 is 0 Å². The van der Waals surface area contributed by atoms with Crippen molar-refractivity contribution < 1.29 is 9.53 Å². The number of benzene rings is 1. The Morgan fingerprint density at radius 2 is 2.05 bits per heavy atom. The number of carbonyl (C=O) groups excluding carboxylic acids is 1. The van der Waals surface area contributed by atoms with Crippen LogP contribution in [0.4, 0.5) is 11.6 Å². The van der Waals surface area contributed by atoms with Crippen LogP contribution in [-0.4, -0.2) is 18.0 Å². The number of carbonyl (C=O) groups is 1. The van der Waals surface area contributed by atoms with Crippen molar-refractivity contribution >= 4 is 17.5 Å². The summed E-state index contributed by atoms with van der Waals surface area (Å²) < 4.78 is 5.34. The molecular formula is C16H20N4O2. The van der Waals surface area contributed by atoms with Crippen molar-refractivity contribution in [3.05, 3.63) is 47.0 Å². The maximum Gasteiger partial charge on any atom is 0.255 e. The molecule has 5 N–H and O–H groups in total. The zero-order valence-electron chi connectivity index (χ0n) is 12.7. The molecule has 0 aliphatic carbocycles. The summed E-state index contributed by atoms with van der Waals surface area (Å²) in [4.78, 5) is 16.1. The van der Waals surface area contributed by atoms with E-state index in [0.717, 1.165) is 23.3 Å². The second kappa shape index (κ2) is 6.80. The normalized spacial score (nSPS) is 10.3. The molecule has 0 spiro atoms. The van der Waals surface area contributed by atoms with Gasteiger partial charge in [0.2, 0.25) is 0 Å². The van der Waals surface area contributed by atoms with Gasteiger partial charge in [-0.2, -0.15) is 0 Å². The van der Waals surface area contributed by atoms with Gasteiger partial charge in [0.25, 0.3) is 5.91 Å². The average Bonchev–Trinajstić information content (AvgIpc) is 2.51. The summed E-state index contributed by atoms with van der Waals surface area (Å²) in [6.07, 6.45) is 0.820. The molecule has 0 radical (unpaired) electrons. The van der Waals surface area contributed by atoms with Crippen LogP contribution in [-0.2, 0) is 13.0 Å². The Kier molecular flexibility index (Phi) is 4.83. The van der Waals surface area contributed by atoms with Crippen LogP contribution in [0.2, 0.25) is 0 Å². The molecule has 0 saturated heterocycles. The maximum absolute atomic E-state index is 12.2. The second-order valence-corrected chi connectivity index (χ2v) is 4.80. The van der Waals surface area contributed by atoms with Gasteiger partial charge in [-0.15, -0.1) is 0 Å². The minimum absolute atomic E-state index is 0.124. The Labute approximate surface area is 129 Å². The number of nitrogens with two attached hydrogens (primary N) is 2. The van der Waals surface area contributed by atoms with Crippen LogP contribution in [0.1, 0.15) is 28.4 Å². The third-order valence-electron chi connectivity index (χ3n) is 3.43. The number of aromatic nitrogens is 1. The number of nitrogen functional groups attached to an aromatic ring is 2.